The van der Waals surface area contributed by atoms with Crippen LogP contribution >= 0.6 is 0 Å². The second-order valence-corrected chi connectivity index (χ2v) is 6.54. The number of carbonyl (C=O) groups excluding carboxylic acids is 2. The van der Waals surface area contributed by atoms with E-state index >= 15 is 0 Å². The summed E-state index contributed by atoms with van der Waals surface area (Å²) in [7, 11) is -2.18. The summed E-state index contributed by atoms with van der Waals surface area (Å²) < 4.78 is 30.0. The number of amides is 1. The lowest BCUT2D eigenvalue weighted by Gasteiger charge is -2.08. The molecule has 0 saturated carbocycles. The Balaban J connectivity index is 2.57. The number of sulfonamides is 1. The molecule has 1 amide bonds. The molecule has 8 heteroatoms. The van der Waals surface area contributed by atoms with Gasteiger partial charge in [0.1, 0.15) is 0 Å². The third-order valence-electron chi connectivity index (χ3n) is 2.79. The molecule has 0 radical (unpaired) electrons. The second-order valence-electron chi connectivity index (χ2n) is 4.61. The van der Waals surface area contributed by atoms with Crippen molar-refractivity contribution in [2.24, 2.45) is 0 Å². The molecule has 0 bridgehead atoms. The van der Waals surface area contributed by atoms with Crippen LogP contribution < -0.4 is 10.0 Å². The standard InChI is InChI=1S/C14H20N2O5S/c1-3-4-8-22(19,20)15-10-13(17)16-12-7-5-6-11(9-12)14(18)21-2/h5-7,9,15H,3-4,8,10H2,1-2H3,(H,16,17). The lowest BCUT2D eigenvalue weighted by atomic mass is 10.2. The van der Waals surface area contributed by atoms with E-state index in [2.05, 4.69) is 14.8 Å². The van der Waals surface area contributed by atoms with Gasteiger partial charge in [0.2, 0.25) is 15.9 Å². The van der Waals surface area contributed by atoms with Crippen LogP contribution in [-0.2, 0) is 19.6 Å². The Morgan fingerprint density at radius 1 is 1.27 bits per heavy atom. The Hall–Kier alpha value is -1.93. The minimum absolute atomic E-state index is 0.00535. The molecule has 0 aromatic heterocycles. The van der Waals surface area contributed by atoms with Gasteiger partial charge in [-0.15, -0.1) is 0 Å². The predicted octanol–water partition coefficient (Wildman–Crippen LogP) is 1.13. The van der Waals surface area contributed by atoms with Crippen molar-refractivity contribution in [3.63, 3.8) is 0 Å². The van der Waals surface area contributed by atoms with E-state index in [1.165, 1.54) is 13.2 Å². The third-order valence-corrected chi connectivity index (χ3v) is 4.20. The number of anilines is 1. The largest absolute Gasteiger partial charge is 0.465 e. The summed E-state index contributed by atoms with van der Waals surface area (Å²) in [6.07, 6.45) is 1.30. The molecule has 0 saturated heterocycles. The van der Waals surface area contributed by atoms with Crippen molar-refractivity contribution in [1.29, 1.82) is 0 Å². The molecule has 0 aliphatic carbocycles. The van der Waals surface area contributed by atoms with Crippen LogP contribution in [0.1, 0.15) is 30.1 Å². The van der Waals surface area contributed by atoms with Crippen molar-refractivity contribution in [2.45, 2.75) is 19.8 Å². The number of benzene rings is 1. The number of methoxy groups -OCH3 is 1. The lowest BCUT2D eigenvalue weighted by molar-refractivity contribution is -0.115. The fourth-order valence-electron chi connectivity index (χ4n) is 1.63. The first-order valence-corrected chi connectivity index (χ1v) is 8.48. The van der Waals surface area contributed by atoms with Gasteiger partial charge in [0, 0.05) is 5.69 Å². The van der Waals surface area contributed by atoms with Crippen molar-refractivity contribution < 1.29 is 22.7 Å². The number of ether oxygens (including phenoxy) is 1. The van der Waals surface area contributed by atoms with Gasteiger partial charge < -0.3 is 10.1 Å². The summed E-state index contributed by atoms with van der Waals surface area (Å²) in [5.74, 6) is -1.03. The lowest BCUT2D eigenvalue weighted by Crippen LogP contribution is -2.34. The fourth-order valence-corrected chi connectivity index (χ4v) is 2.79. The molecule has 122 valence electrons. The Kier molecular flexibility index (Phi) is 7.00. The van der Waals surface area contributed by atoms with Gasteiger partial charge in [-0.2, -0.15) is 0 Å². The van der Waals surface area contributed by atoms with E-state index in [0.29, 0.717) is 17.7 Å². The molecule has 0 spiro atoms. The van der Waals surface area contributed by atoms with E-state index in [9.17, 15) is 18.0 Å². The van der Waals surface area contributed by atoms with Crippen LogP contribution in [0.5, 0.6) is 0 Å². The minimum atomic E-state index is -3.44. The Bertz CT molecular complexity index is 628. The predicted molar refractivity (Wildman–Crippen MR) is 83.1 cm³/mol. The van der Waals surface area contributed by atoms with E-state index in [-0.39, 0.29) is 12.3 Å². The number of hydrogen-bond donors (Lipinski definition) is 2. The van der Waals surface area contributed by atoms with Crippen molar-refractivity contribution in [1.82, 2.24) is 4.72 Å². The van der Waals surface area contributed by atoms with Gasteiger partial charge in [-0.1, -0.05) is 19.4 Å². The van der Waals surface area contributed by atoms with Gasteiger partial charge >= 0.3 is 5.97 Å². The molecular weight excluding hydrogens is 308 g/mol. The average molecular weight is 328 g/mol. The molecule has 0 atom stereocenters. The zero-order valence-corrected chi connectivity index (χ0v) is 13.4. The van der Waals surface area contributed by atoms with E-state index < -0.39 is 21.9 Å². The van der Waals surface area contributed by atoms with Gasteiger partial charge in [-0.25, -0.2) is 17.9 Å². The maximum absolute atomic E-state index is 11.7. The SMILES string of the molecule is CCCCS(=O)(=O)NCC(=O)Nc1cccc(C(=O)OC)c1. The summed E-state index contributed by atoms with van der Waals surface area (Å²) in [4.78, 5) is 23.1. The highest BCUT2D eigenvalue weighted by Crippen LogP contribution is 2.11. The van der Waals surface area contributed by atoms with Gasteiger partial charge in [-0.05, 0) is 24.6 Å². The average Bonchev–Trinajstić information content (AvgIpc) is 2.50. The zero-order chi connectivity index (χ0) is 16.6. The highest BCUT2D eigenvalue weighted by Gasteiger charge is 2.12. The van der Waals surface area contributed by atoms with Gasteiger partial charge in [0.05, 0.1) is 25.0 Å². The first-order chi connectivity index (χ1) is 10.4. The minimum Gasteiger partial charge on any atom is -0.465 e. The first kappa shape index (κ1) is 18.1. The van der Waals surface area contributed by atoms with Crippen LogP contribution in [0.4, 0.5) is 5.69 Å². The van der Waals surface area contributed by atoms with Crippen molar-refractivity contribution in [2.75, 3.05) is 24.7 Å². The summed E-state index contributed by atoms with van der Waals surface area (Å²) in [5, 5.41) is 2.52. The number of hydrogen-bond acceptors (Lipinski definition) is 5. The highest BCUT2D eigenvalue weighted by molar-refractivity contribution is 7.89. The normalized spacial score (nSPS) is 11.0. The molecule has 0 aliphatic rings. The molecule has 0 aliphatic heterocycles. The van der Waals surface area contributed by atoms with E-state index in [1.807, 2.05) is 6.92 Å². The van der Waals surface area contributed by atoms with Crippen LogP contribution in [0.2, 0.25) is 0 Å². The molecule has 0 fully saturated rings. The molecule has 0 heterocycles. The van der Waals surface area contributed by atoms with Crippen molar-refractivity contribution in [3.8, 4) is 0 Å². The molecule has 0 unspecified atom stereocenters. The smallest absolute Gasteiger partial charge is 0.337 e. The number of esters is 1. The molecule has 1 rings (SSSR count). The maximum atomic E-state index is 11.7. The molecule has 1 aromatic carbocycles. The van der Waals surface area contributed by atoms with Crippen LogP contribution in [0, 0.1) is 0 Å². The van der Waals surface area contributed by atoms with Crippen LogP contribution in [0.3, 0.4) is 0 Å². The summed E-state index contributed by atoms with van der Waals surface area (Å²) in [6, 6.07) is 6.19. The van der Waals surface area contributed by atoms with E-state index in [0.717, 1.165) is 6.42 Å². The van der Waals surface area contributed by atoms with Gasteiger partial charge in [-0.3, -0.25) is 4.79 Å². The van der Waals surface area contributed by atoms with Crippen LogP contribution in [0.25, 0.3) is 0 Å². The molecular formula is C14H20N2O5S. The van der Waals surface area contributed by atoms with Gasteiger partial charge in [0.15, 0.2) is 0 Å². The van der Waals surface area contributed by atoms with Crippen LogP contribution in [-0.4, -0.2) is 39.7 Å². The zero-order valence-electron chi connectivity index (χ0n) is 12.6. The third kappa shape index (κ3) is 6.23. The quantitative estimate of drug-likeness (QED) is 0.697. The van der Waals surface area contributed by atoms with E-state index in [4.69, 9.17) is 0 Å². The summed E-state index contributed by atoms with van der Waals surface area (Å²) in [5.41, 5.74) is 0.685. The van der Waals surface area contributed by atoms with E-state index in [1.54, 1.807) is 18.2 Å². The summed E-state index contributed by atoms with van der Waals surface area (Å²) >= 11 is 0. The number of nitrogens with one attached hydrogen (secondary N) is 2. The topological polar surface area (TPSA) is 102 Å². The first-order valence-electron chi connectivity index (χ1n) is 6.83. The Morgan fingerprint density at radius 2 is 2.00 bits per heavy atom. The number of carbonyl (C=O) groups is 2. The molecule has 2 N–H and O–H groups in total. The fraction of sp³-hybridized carbons (Fsp3) is 0.429. The molecule has 22 heavy (non-hydrogen) atoms. The second kappa shape index (κ2) is 8.50. The van der Waals surface area contributed by atoms with Crippen molar-refractivity contribution >= 4 is 27.6 Å². The van der Waals surface area contributed by atoms with Gasteiger partial charge in [0.25, 0.3) is 0 Å². The maximum Gasteiger partial charge on any atom is 0.337 e. The molecule has 1 aromatic rings. The van der Waals surface area contributed by atoms with Crippen LogP contribution in [0.15, 0.2) is 24.3 Å². The highest BCUT2D eigenvalue weighted by atomic mass is 32.2. The molecule has 7 nitrogen and oxygen atoms in total. The number of unbranched alkanes of at least 4 members (excludes halogenated alkanes) is 1. The Labute approximate surface area is 130 Å². The summed E-state index contributed by atoms with van der Waals surface area (Å²) in [6.45, 7) is 1.53. The van der Waals surface area contributed by atoms with Crippen molar-refractivity contribution in [3.05, 3.63) is 29.8 Å². The number of rotatable bonds is 8. The monoisotopic (exact) mass is 328 g/mol. The Morgan fingerprint density at radius 3 is 2.64 bits per heavy atom.